The van der Waals surface area contributed by atoms with Crippen molar-refractivity contribution >= 4 is 11.3 Å². The van der Waals surface area contributed by atoms with Gasteiger partial charge in [0.1, 0.15) is 0 Å². The van der Waals surface area contributed by atoms with Crippen LogP contribution in [0.15, 0.2) is 23.6 Å². The molecule has 0 saturated heterocycles. The summed E-state index contributed by atoms with van der Waals surface area (Å²) in [6.45, 7) is 6.76. The van der Waals surface area contributed by atoms with Gasteiger partial charge >= 0.3 is 0 Å². The van der Waals surface area contributed by atoms with Gasteiger partial charge in [0.15, 0.2) is 0 Å². The molecule has 136 valence electrons. The van der Waals surface area contributed by atoms with E-state index in [0.717, 1.165) is 10.7 Å². The van der Waals surface area contributed by atoms with Gasteiger partial charge in [-0.2, -0.15) is 0 Å². The van der Waals surface area contributed by atoms with Crippen LogP contribution in [0.3, 0.4) is 0 Å². The van der Waals surface area contributed by atoms with Crippen molar-refractivity contribution in [3.8, 4) is 11.3 Å². The van der Waals surface area contributed by atoms with Crippen molar-refractivity contribution in [2.75, 3.05) is 0 Å². The van der Waals surface area contributed by atoms with Gasteiger partial charge in [-0.3, -0.25) is 0 Å². The number of rotatable bonds is 1. The molecule has 1 fully saturated rings. The molecular formula is C22H32N2S. The van der Waals surface area contributed by atoms with Crippen LogP contribution < -0.4 is 5.73 Å². The summed E-state index contributed by atoms with van der Waals surface area (Å²) >= 11 is 1.73. The molecule has 2 aliphatic carbocycles. The van der Waals surface area contributed by atoms with E-state index >= 15 is 0 Å². The van der Waals surface area contributed by atoms with Gasteiger partial charge < -0.3 is 5.73 Å². The molecular weight excluding hydrogens is 324 g/mol. The predicted octanol–water partition coefficient (Wildman–Crippen LogP) is 6.40. The molecule has 0 amide bonds. The third-order valence-corrected chi connectivity index (χ3v) is 6.52. The van der Waals surface area contributed by atoms with Crippen LogP contribution in [0.5, 0.6) is 0 Å². The van der Waals surface area contributed by atoms with Gasteiger partial charge in [0, 0.05) is 17.0 Å². The van der Waals surface area contributed by atoms with E-state index < -0.39 is 0 Å². The first-order chi connectivity index (χ1) is 12.0. The van der Waals surface area contributed by atoms with Gasteiger partial charge in [-0.15, -0.1) is 11.3 Å². The number of hydrogen-bond donors (Lipinski definition) is 1. The highest BCUT2D eigenvalue weighted by Crippen LogP contribution is 2.40. The summed E-state index contributed by atoms with van der Waals surface area (Å²) < 4.78 is 0. The van der Waals surface area contributed by atoms with E-state index in [2.05, 4.69) is 49.3 Å². The van der Waals surface area contributed by atoms with Crippen LogP contribution >= 0.6 is 11.3 Å². The smallest absolute Gasteiger partial charge is 0.0901 e. The summed E-state index contributed by atoms with van der Waals surface area (Å²) in [5.41, 5.74) is 11.1. The Morgan fingerprint density at radius 1 is 0.960 bits per heavy atom. The Bertz CT molecular complexity index is 685. The third-order valence-electron chi connectivity index (χ3n) is 5.75. The molecule has 2 aromatic rings. The molecule has 0 radical (unpaired) electrons. The number of benzene rings is 1. The lowest BCUT2D eigenvalue weighted by molar-refractivity contribution is 0.441. The summed E-state index contributed by atoms with van der Waals surface area (Å²) in [7, 11) is 0. The molecule has 2 nitrogen and oxygen atoms in total. The maximum Gasteiger partial charge on any atom is 0.0901 e. The van der Waals surface area contributed by atoms with E-state index in [-0.39, 0.29) is 0 Å². The zero-order valence-electron chi connectivity index (χ0n) is 15.9. The molecule has 2 aliphatic rings. The van der Waals surface area contributed by atoms with Crippen LogP contribution in [0.4, 0.5) is 0 Å². The molecule has 2 N–H and O–H groups in total. The Balaban J connectivity index is 0.000000219. The number of nitrogens with two attached hydrogens (primary N) is 1. The van der Waals surface area contributed by atoms with E-state index in [1.807, 2.05) is 0 Å². The summed E-state index contributed by atoms with van der Waals surface area (Å²) in [6, 6.07) is 7.46. The average molecular weight is 357 g/mol. The van der Waals surface area contributed by atoms with Crippen molar-refractivity contribution in [2.24, 2.45) is 5.73 Å². The quantitative estimate of drug-likeness (QED) is 0.642. The van der Waals surface area contributed by atoms with Crippen molar-refractivity contribution in [2.45, 2.75) is 83.6 Å². The second kappa shape index (κ2) is 8.46. The molecule has 25 heavy (non-hydrogen) atoms. The normalized spacial score (nSPS) is 23.5. The number of aromatic nitrogens is 1. The van der Waals surface area contributed by atoms with Crippen molar-refractivity contribution in [1.82, 2.24) is 4.98 Å². The Hall–Kier alpha value is -1.19. The molecule has 0 aliphatic heterocycles. The Labute approximate surface area is 156 Å². The van der Waals surface area contributed by atoms with Crippen LogP contribution in [0.2, 0.25) is 0 Å². The fourth-order valence-electron chi connectivity index (χ4n) is 4.05. The Morgan fingerprint density at radius 3 is 2.20 bits per heavy atom. The predicted molar refractivity (Wildman–Crippen MR) is 109 cm³/mol. The molecule has 4 rings (SSSR count). The highest BCUT2D eigenvalue weighted by molar-refractivity contribution is 7.09. The van der Waals surface area contributed by atoms with E-state index in [9.17, 15) is 0 Å². The SMILES string of the molecule is Cc1nc(-c2ccc3c(c2)C(C)CCC3C)cs1.NC1CCCCC1. The monoisotopic (exact) mass is 356 g/mol. The number of aryl methyl sites for hydroxylation is 1. The fraction of sp³-hybridized carbons (Fsp3) is 0.591. The average Bonchev–Trinajstić information content (AvgIpc) is 3.06. The zero-order valence-corrected chi connectivity index (χ0v) is 16.7. The van der Waals surface area contributed by atoms with Crippen molar-refractivity contribution in [1.29, 1.82) is 0 Å². The molecule has 1 heterocycles. The maximum absolute atomic E-state index is 5.63. The van der Waals surface area contributed by atoms with E-state index in [1.165, 1.54) is 56.1 Å². The van der Waals surface area contributed by atoms with Gasteiger partial charge in [-0.25, -0.2) is 4.98 Å². The lowest BCUT2D eigenvalue weighted by Crippen LogP contribution is -2.22. The van der Waals surface area contributed by atoms with Crippen LogP contribution in [0.25, 0.3) is 11.3 Å². The lowest BCUT2D eigenvalue weighted by Gasteiger charge is -2.27. The highest BCUT2D eigenvalue weighted by atomic mass is 32.1. The Morgan fingerprint density at radius 2 is 1.64 bits per heavy atom. The minimum atomic E-state index is 0.536. The summed E-state index contributed by atoms with van der Waals surface area (Å²) in [5, 5.41) is 3.30. The second-order valence-electron chi connectivity index (χ2n) is 7.87. The van der Waals surface area contributed by atoms with Gasteiger partial charge in [0.05, 0.1) is 10.7 Å². The molecule has 1 saturated carbocycles. The number of hydrogen-bond acceptors (Lipinski definition) is 3. The van der Waals surface area contributed by atoms with Gasteiger partial charge in [0.25, 0.3) is 0 Å². The summed E-state index contributed by atoms with van der Waals surface area (Å²) in [6.07, 6.45) is 9.30. The van der Waals surface area contributed by atoms with Crippen molar-refractivity contribution in [3.63, 3.8) is 0 Å². The largest absolute Gasteiger partial charge is 0.328 e. The minimum absolute atomic E-state index is 0.536. The minimum Gasteiger partial charge on any atom is -0.328 e. The van der Waals surface area contributed by atoms with Gasteiger partial charge in [0.2, 0.25) is 0 Å². The number of thiazole rings is 1. The van der Waals surface area contributed by atoms with Crippen LogP contribution in [0.1, 0.15) is 86.8 Å². The van der Waals surface area contributed by atoms with E-state index in [0.29, 0.717) is 17.9 Å². The molecule has 0 spiro atoms. The summed E-state index contributed by atoms with van der Waals surface area (Å²) in [5.74, 6) is 1.40. The molecule has 3 heteroatoms. The summed E-state index contributed by atoms with van der Waals surface area (Å²) in [4.78, 5) is 4.59. The van der Waals surface area contributed by atoms with Gasteiger partial charge in [-0.1, -0.05) is 45.2 Å². The van der Waals surface area contributed by atoms with Crippen LogP contribution in [-0.4, -0.2) is 11.0 Å². The van der Waals surface area contributed by atoms with Crippen LogP contribution in [-0.2, 0) is 0 Å². The molecule has 0 bridgehead atoms. The maximum atomic E-state index is 5.63. The Kier molecular flexibility index (Phi) is 6.29. The first-order valence-corrected chi connectivity index (χ1v) is 10.7. The number of fused-ring (bicyclic) bond motifs is 1. The van der Waals surface area contributed by atoms with Gasteiger partial charge in [-0.05, 0) is 61.6 Å². The molecule has 2 unspecified atom stereocenters. The highest BCUT2D eigenvalue weighted by Gasteiger charge is 2.22. The standard InChI is InChI=1S/C16H19NS.C6H13N/c1-10-4-5-11(2)15-8-13(6-7-14(10)15)16-9-18-12(3)17-16;7-6-4-2-1-3-5-6/h6-11H,4-5H2,1-3H3;6H,1-5,7H2. The third kappa shape index (κ3) is 4.71. The first kappa shape index (κ1) is 18.6. The van der Waals surface area contributed by atoms with E-state index in [1.54, 1.807) is 16.9 Å². The van der Waals surface area contributed by atoms with Crippen molar-refractivity contribution < 1.29 is 0 Å². The fourth-order valence-corrected chi connectivity index (χ4v) is 4.67. The molecule has 1 aromatic heterocycles. The topological polar surface area (TPSA) is 38.9 Å². The second-order valence-corrected chi connectivity index (χ2v) is 8.94. The zero-order chi connectivity index (χ0) is 17.8. The van der Waals surface area contributed by atoms with Crippen LogP contribution in [0, 0.1) is 6.92 Å². The lowest BCUT2D eigenvalue weighted by atomic mass is 9.77. The van der Waals surface area contributed by atoms with E-state index in [4.69, 9.17) is 5.73 Å². The molecule has 2 atom stereocenters. The molecule has 1 aromatic carbocycles. The first-order valence-electron chi connectivity index (χ1n) is 9.86. The van der Waals surface area contributed by atoms with Crippen molar-refractivity contribution in [3.05, 3.63) is 39.7 Å². The number of nitrogens with zero attached hydrogens (tertiary/aromatic N) is 1.